The molecule has 1 amide bonds. The molecule has 1 heterocycles. The smallest absolute Gasteiger partial charge is 0.258 e. The molecule has 0 bridgehead atoms. The fraction of sp³-hybridized carbons (Fsp3) is 0.250. The molecule has 3 aromatic rings. The molecular formula is C20H17Cl2N3O2. The zero-order chi connectivity index (χ0) is 18.8. The fourth-order valence-corrected chi connectivity index (χ4v) is 4.00. The highest BCUT2D eigenvalue weighted by atomic mass is 35.5. The Hall–Kier alpha value is -2.37. The third-order valence-electron chi connectivity index (χ3n) is 4.67. The highest BCUT2D eigenvalue weighted by Crippen LogP contribution is 2.31. The third-order valence-corrected chi connectivity index (χ3v) is 5.17. The van der Waals surface area contributed by atoms with E-state index in [-0.39, 0.29) is 24.4 Å². The molecule has 1 aliphatic carbocycles. The minimum atomic E-state index is -0.198. The fourth-order valence-electron chi connectivity index (χ4n) is 3.46. The van der Waals surface area contributed by atoms with Crippen molar-refractivity contribution in [3.63, 3.8) is 0 Å². The van der Waals surface area contributed by atoms with Crippen LogP contribution in [0.1, 0.15) is 30.0 Å². The summed E-state index contributed by atoms with van der Waals surface area (Å²) in [5.41, 5.74) is 3.01. The molecule has 27 heavy (non-hydrogen) atoms. The van der Waals surface area contributed by atoms with Gasteiger partial charge in [-0.2, -0.15) is 0 Å². The number of amides is 1. The molecule has 0 saturated carbocycles. The lowest BCUT2D eigenvalue weighted by Gasteiger charge is -2.26. The predicted molar refractivity (Wildman–Crippen MR) is 105 cm³/mol. The van der Waals surface area contributed by atoms with Gasteiger partial charge in [-0.3, -0.25) is 4.79 Å². The summed E-state index contributed by atoms with van der Waals surface area (Å²) in [6.07, 6.45) is 4.38. The highest BCUT2D eigenvalue weighted by Gasteiger charge is 2.21. The van der Waals surface area contributed by atoms with Gasteiger partial charge >= 0.3 is 0 Å². The van der Waals surface area contributed by atoms with Crippen molar-refractivity contribution in [1.82, 2.24) is 15.3 Å². The van der Waals surface area contributed by atoms with E-state index in [0.29, 0.717) is 20.9 Å². The second-order valence-corrected chi connectivity index (χ2v) is 7.31. The summed E-state index contributed by atoms with van der Waals surface area (Å²) in [6, 6.07) is 11.5. The van der Waals surface area contributed by atoms with Crippen LogP contribution in [0.5, 0.6) is 5.88 Å². The maximum atomic E-state index is 12.4. The van der Waals surface area contributed by atoms with E-state index in [9.17, 15) is 4.79 Å². The molecule has 0 radical (unpaired) electrons. The van der Waals surface area contributed by atoms with Crippen molar-refractivity contribution in [2.24, 2.45) is 0 Å². The van der Waals surface area contributed by atoms with Gasteiger partial charge in [-0.25, -0.2) is 9.97 Å². The van der Waals surface area contributed by atoms with Gasteiger partial charge in [-0.05, 0) is 42.5 Å². The van der Waals surface area contributed by atoms with Crippen molar-refractivity contribution in [1.29, 1.82) is 0 Å². The number of fused-ring (bicyclic) bond motifs is 2. The molecule has 2 aromatic carbocycles. The van der Waals surface area contributed by atoms with Crippen molar-refractivity contribution < 1.29 is 9.53 Å². The average molecular weight is 402 g/mol. The summed E-state index contributed by atoms with van der Waals surface area (Å²) < 4.78 is 5.64. The Morgan fingerprint density at radius 2 is 2.07 bits per heavy atom. The number of hydrogen-bond acceptors (Lipinski definition) is 4. The lowest BCUT2D eigenvalue weighted by molar-refractivity contribution is -0.124. The van der Waals surface area contributed by atoms with Crippen LogP contribution >= 0.6 is 23.2 Å². The summed E-state index contributed by atoms with van der Waals surface area (Å²) in [4.78, 5) is 20.7. The molecule has 0 saturated heterocycles. The lowest BCUT2D eigenvalue weighted by Crippen LogP contribution is -2.34. The Kier molecular flexibility index (Phi) is 5.14. The van der Waals surface area contributed by atoms with E-state index in [0.717, 1.165) is 19.3 Å². The Bertz CT molecular complexity index is 1010. The summed E-state index contributed by atoms with van der Waals surface area (Å²) in [6.45, 7) is -0.144. The van der Waals surface area contributed by atoms with Crippen molar-refractivity contribution in [2.45, 2.75) is 25.3 Å². The summed E-state index contributed by atoms with van der Waals surface area (Å²) >= 11 is 12.2. The normalized spacial score (nSPS) is 16.0. The number of carbonyl (C=O) groups excluding carboxylic acids is 1. The van der Waals surface area contributed by atoms with Crippen molar-refractivity contribution in [3.05, 3.63) is 63.9 Å². The molecule has 0 fully saturated rings. The Labute approximate surface area is 166 Å². The van der Waals surface area contributed by atoms with Crippen LogP contribution in [-0.2, 0) is 11.2 Å². The SMILES string of the molecule is O=C(COc1ncnc2c(Cl)cc(Cl)cc12)N[C@@H]1CCCc2ccccc21. The number of hydrogen-bond donors (Lipinski definition) is 1. The zero-order valence-electron chi connectivity index (χ0n) is 14.4. The van der Waals surface area contributed by atoms with Gasteiger partial charge in [0.1, 0.15) is 6.33 Å². The molecule has 0 aliphatic heterocycles. The number of rotatable bonds is 4. The zero-order valence-corrected chi connectivity index (χ0v) is 15.9. The van der Waals surface area contributed by atoms with Gasteiger partial charge in [-0.15, -0.1) is 0 Å². The standard InChI is InChI=1S/C20H17Cl2N3O2/c21-13-8-15-19(16(22)9-13)23-11-24-20(15)27-10-18(26)25-17-7-3-5-12-4-1-2-6-14(12)17/h1-2,4,6,8-9,11,17H,3,5,7,10H2,(H,25,26)/t17-/m1/s1. The van der Waals surface area contributed by atoms with Crippen LogP contribution in [0.4, 0.5) is 0 Å². The van der Waals surface area contributed by atoms with E-state index in [4.69, 9.17) is 27.9 Å². The van der Waals surface area contributed by atoms with E-state index in [1.165, 1.54) is 17.5 Å². The van der Waals surface area contributed by atoms with Crippen LogP contribution in [-0.4, -0.2) is 22.5 Å². The van der Waals surface area contributed by atoms with Gasteiger partial charge in [0.15, 0.2) is 6.61 Å². The Balaban J connectivity index is 1.47. The summed E-state index contributed by atoms with van der Waals surface area (Å²) in [5, 5.41) is 4.50. The first-order valence-electron chi connectivity index (χ1n) is 8.71. The number of halogens is 2. The van der Waals surface area contributed by atoms with E-state index in [1.54, 1.807) is 12.1 Å². The molecule has 7 heteroatoms. The minimum Gasteiger partial charge on any atom is -0.467 e. The van der Waals surface area contributed by atoms with Gasteiger partial charge in [-0.1, -0.05) is 47.5 Å². The minimum absolute atomic E-state index is 0.0112. The monoisotopic (exact) mass is 401 g/mol. The largest absolute Gasteiger partial charge is 0.467 e. The number of aryl methyl sites for hydroxylation is 1. The average Bonchev–Trinajstić information content (AvgIpc) is 2.67. The van der Waals surface area contributed by atoms with E-state index >= 15 is 0 Å². The molecule has 138 valence electrons. The van der Waals surface area contributed by atoms with E-state index in [2.05, 4.69) is 27.4 Å². The molecule has 4 rings (SSSR count). The molecule has 1 N–H and O–H groups in total. The number of ether oxygens (including phenoxy) is 1. The van der Waals surface area contributed by atoms with Crippen LogP contribution in [0.25, 0.3) is 10.9 Å². The van der Waals surface area contributed by atoms with Crippen molar-refractivity contribution in [3.8, 4) is 5.88 Å². The quantitative estimate of drug-likeness (QED) is 0.698. The van der Waals surface area contributed by atoms with Crippen LogP contribution in [0.2, 0.25) is 10.0 Å². The molecule has 5 nitrogen and oxygen atoms in total. The van der Waals surface area contributed by atoms with Crippen LogP contribution in [0.15, 0.2) is 42.7 Å². The number of aromatic nitrogens is 2. The number of nitrogens with zero attached hydrogens (tertiary/aromatic N) is 2. The molecule has 0 unspecified atom stereocenters. The predicted octanol–water partition coefficient (Wildman–Crippen LogP) is 4.51. The van der Waals surface area contributed by atoms with Gasteiger partial charge in [0.25, 0.3) is 5.91 Å². The van der Waals surface area contributed by atoms with E-state index < -0.39 is 0 Å². The van der Waals surface area contributed by atoms with Gasteiger partial charge in [0.05, 0.1) is 22.0 Å². The van der Waals surface area contributed by atoms with Crippen LogP contribution < -0.4 is 10.1 Å². The van der Waals surface area contributed by atoms with Crippen LogP contribution in [0.3, 0.4) is 0 Å². The first-order chi connectivity index (χ1) is 13.1. The number of benzene rings is 2. The highest BCUT2D eigenvalue weighted by molar-refractivity contribution is 6.38. The van der Waals surface area contributed by atoms with Gasteiger partial charge < -0.3 is 10.1 Å². The summed E-state index contributed by atoms with van der Waals surface area (Å²) in [7, 11) is 0. The molecule has 1 aromatic heterocycles. The third kappa shape index (κ3) is 3.84. The first kappa shape index (κ1) is 18.0. The maximum Gasteiger partial charge on any atom is 0.258 e. The van der Waals surface area contributed by atoms with Gasteiger partial charge in [0.2, 0.25) is 5.88 Å². The molecular weight excluding hydrogens is 385 g/mol. The van der Waals surface area contributed by atoms with Gasteiger partial charge in [0, 0.05) is 5.02 Å². The summed E-state index contributed by atoms with van der Waals surface area (Å²) in [5.74, 6) is 0.0835. The maximum absolute atomic E-state index is 12.4. The lowest BCUT2D eigenvalue weighted by atomic mass is 9.88. The Morgan fingerprint density at radius 1 is 1.22 bits per heavy atom. The van der Waals surface area contributed by atoms with Crippen molar-refractivity contribution in [2.75, 3.05) is 6.61 Å². The first-order valence-corrected chi connectivity index (χ1v) is 9.47. The van der Waals surface area contributed by atoms with E-state index in [1.807, 2.05) is 12.1 Å². The molecule has 1 aliphatic rings. The molecule has 1 atom stereocenters. The second-order valence-electron chi connectivity index (χ2n) is 6.46. The van der Waals surface area contributed by atoms with Crippen LogP contribution in [0, 0.1) is 0 Å². The second kappa shape index (κ2) is 7.71. The molecule has 0 spiro atoms. The number of carbonyl (C=O) groups is 1. The number of nitrogens with one attached hydrogen (secondary N) is 1. The Morgan fingerprint density at radius 3 is 2.96 bits per heavy atom. The topological polar surface area (TPSA) is 64.1 Å². The van der Waals surface area contributed by atoms with Crippen molar-refractivity contribution >= 4 is 40.0 Å².